The summed E-state index contributed by atoms with van der Waals surface area (Å²) >= 11 is 0. The van der Waals surface area contributed by atoms with Gasteiger partial charge >= 0.3 is 0 Å². The number of pyridine rings is 1. The first kappa shape index (κ1) is 19.8. The van der Waals surface area contributed by atoms with Gasteiger partial charge in [-0.2, -0.15) is 0 Å². The van der Waals surface area contributed by atoms with Crippen LogP contribution in [0, 0.1) is 0 Å². The second-order valence-corrected chi connectivity index (χ2v) is 7.71. The Morgan fingerprint density at radius 3 is 2.71 bits per heavy atom. The predicted octanol–water partition coefficient (Wildman–Crippen LogP) is 2.25. The van der Waals surface area contributed by atoms with Crippen molar-refractivity contribution >= 4 is 26.8 Å². The number of primary sulfonamides is 1. The van der Waals surface area contributed by atoms with Crippen molar-refractivity contribution in [2.75, 3.05) is 13.2 Å². The lowest BCUT2D eigenvalue weighted by Gasteiger charge is -2.11. The van der Waals surface area contributed by atoms with E-state index in [0.717, 1.165) is 16.5 Å². The summed E-state index contributed by atoms with van der Waals surface area (Å²) in [5.74, 6) is -0.0177. The number of hydrogen-bond acceptors (Lipinski definition) is 5. The highest BCUT2D eigenvalue weighted by Crippen LogP contribution is 2.24. The van der Waals surface area contributed by atoms with Gasteiger partial charge in [0.1, 0.15) is 10.6 Å². The molecule has 2 aromatic carbocycles. The number of rotatable bonds is 7. The van der Waals surface area contributed by atoms with Crippen LogP contribution in [0.2, 0.25) is 0 Å². The summed E-state index contributed by atoms with van der Waals surface area (Å²) < 4.78 is 28.9. The number of benzene rings is 2. The van der Waals surface area contributed by atoms with Gasteiger partial charge in [-0.15, -0.1) is 0 Å². The number of amides is 1. The number of para-hydroxylation sites is 1. The molecule has 0 unspecified atom stereocenters. The molecule has 3 rings (SSSR count). The van der Waals surface area contributed by atoms with Crippen LogP contribution >= 0.6 is 0 Å². The molecule has 0 saturated heterocycles. The molecular formula is C20H21N3O4S. The normalized spacial score (nSPS) is 11.4. The second-order valence-electron chi connectivity index (χ2n) is 6.18. The summed E-state index contributed by atoms with van der Waals surface area (Å²) in [5.41, 5.74) is 2.02. The SMILES string of the molecule is CCOc1ccc(CCNC(=O)c2cnc3ccccc3c2)cc1S(N)(=O)=O. The molecule has 1 aromatic heterocycles. The summed E-state index contributed by atoms with van der Waals surface area (Å²) in [6.07, 6.45) is 1.98. The zero-order valence-corrected chi connectivity index (χ0v) is 16.2. The second kappa shape index (κ2) is 8.37. The van der Waals surface area contributed by atoms with E-state index < -0.39 is 10.0 Å². The Labute approximate surface area is 163 Å². The van der Waals surface area contributed by atoms with Crippen LogP contribution in [-0.2, 0) is 16.4 Å². The van der Waals surface area contributed by atoms with Crippen molar-refractivity contribution < 1.29 is 17.9 Å². The molecule has 28 heavy (non-hydrogen) atoms. The number of carbonyl (C=O) groups is 1. The number of carbonyl (C=O) groups excluding carboxylic acids is 1. The quantitative estimate of drug-likeness (QED) is 0.633. The van der Waals surface area contributed by atoms with Crippen LogP contribution < -0.4 is 15.2 Å². The van der Waals surface area contributed by atoms with E-state index >= 15 is 0 Å². The third kappa shape index (κ3) is 4.65. The standard InChI is InChI=1S/C20H21N3O4S/c1-2-27-18-8-7-14(11-19(18)28(21,25)26)9-10-22-20(24)16-12-15-5-3-4-6-17(15)23-13-16/h3-8,11-13H,2,9-10H2,1H3,(H,22,24)(H2,21,25,26). The summed E-state index contributed by atoms with van der Waals surface area (Å²) in [5, 5.41) is 8.98. The van der Waals surface area contributed by atoms with Crippen LogP contribution in [0.1, 0.15) is 22.8 Å². The molecule has 0 aliphatic carbocycles. The van der Waals surface area contributed by atoms with Gasteiger partial charge in [-0.1, -0.05) is 24.3 Å². The maximum Gasteiger partial charge on any atom is 0.252 e. The fourth-order valence-corrected chi connectivity index (χ4v) is 3.55. The minimum Gasteiger partial charge on any atom is -0.492 e. The van der Waals surface area contributed by atoms with Gasteiger partial charge in [-0.25, -0.2) is 13.6 Å². The van der Waals surface area contributed by atoms with E-state index in [4.69, 9.17) is 9.88 Å². The van der Waals surface area contributed by atoms with E-state index in [1.165, 1.54) is 12.3 Å². The molecule has 0 bridgehead atoms. The van der Waals surface area contributed by atoms with Crippen LogP contribution in [-0.4, -0.2) is 32.5 Å². The van der Waals surface area contributed by atoms with Crippen LogP contribution in [0.25, 0.3) is 10.9 Å². The lowest BCUT2D eigenvalue weighted by atomic mass is 10.1. The molecule has 1 heterocycles. The number of hydrogen-bond donors (Lipinski definition) is 2. The molecule has 0 aliphatic rings. The number of sulfonamides is 1. The first-order valence-electron chi connectivity index (χ1n) is 8.80. The fraction of sp³-hybridized carbons (Fsp3) is 0.200. The molecular weight excluding hydrogens is 378 g/mol. The van der Waals surface area contributed by atoms with Crippen molar-refractivity contribution in [2.24, 2.45) is 5.14 Å². The lowest BCUT2D eigenvalue weighted by Crippen LogP contribution is -2.26. The largest absolute Gasteiger partial charge is 0.492 e. The van der Waals surface area contributed by atoms with Gasteiger partial charge in [-0.3, -0.25) is 9.78 Å². The van der Waals surface area contributed by atoms with E-state index in [1.54, 1.807) is 25.1 Å². The smallest absolute Gasteiger partial charge is 0.252 e. The molecule has 0 spiro atoms. The Bertz CT molecular complexity index is 1110. The van der Waals surface area contributed by atoms with E-state index in [1.807, 2.05) is 24.3 Å². The molecule has 0 radical (unpaired) electrons. The van der Waals surface area contributed by atoms with Crippen molar-refractivity contribution in [1.29, 1.82) is 0 Å². The van der Waals surface area contributed by atoms with Crippen molar-refractivity contribution in [2.45, 2.75) is 18.2 Å². The zero-order valence-electron chi connectivity index (χ0n) is 15.4. The minimum atomic E-state index is -3.90. The van der Waals surface area contributed by atoms with Crippen molar-refractivity contribution in [1.82, 2.24) is 10.3 Å². The van der Waals surface area contributed by atoms with Gasteiger partial charge in [0, 0.05) is 18.1 Å². The number of nitrogens with one attached hydrogen (secondary N) is 1. The molecule has 0 fully saturated rings. The maximum absolute atomic E-state index is 12.4. The first-order chi connectivity index (χ1) is 13.4. The topological polar surface area (TPSA) is 111 Å². The van der Waals surface area contributed by atoms with Crippen molar-refractivity contribution in [3.63, 3.8) is 0 Å². The van der Waals surface area contributed by atoms with Crippen molar-refractivity contribution in [3.05, 3.63) is 65.9 Å². The van der Waals surface area contributed by atoms with Crippen LogP contribution in [0.3, 0.4) is 0 Å². The minimum absolute atomic E-state index is 0.0584. The number of fused-ring (bicyclic) bond motifs is 1. The Morgan fingerprint density at radius 1 is 1.18 bits per heavy atom. The summed E-state index contributed by atoms with van der Waals surface area (Å²) in [7, 11) is -3.90. The van der Waals surface area contributed by atoms with Gasteiger partial charge in [-0.05, 0) is 43.2 Å². The molecule has 1 amide bonds. The van der Waals surface area contributed by atoms with E-state index in [0.29, 0.717) is 25.1 Å². The van der Waals surface area contributed by atoms with Gasteiger partial charge in [0.15, 0.2) is 0 Å². The monoisotopic (exact) mass is 399 g/mol. The molecule has 0 atom stereocenters. The molecule has 146 valence electrons. The highest BCUT2D eigenvalue weighted by Gasteiger charge is 2.16. The molecule has 0 aliphatic heterocycles. The maximum atomic E-state index is 12.4. The lowest BCUT2D eigenvalue weighted by molar-refractivity contribution is 0.0954. The predicted molar refractivity (Wildman–Crippen MR) is 107 cm³/mol. The van der Waals surface area contributed by atoms with Crippen LogP contribution in [0.4, 0.5) is 0 Å². The van der Waals surface area contributed by atoms with E-state index in [2.05, 4.69) is 10.3 Å². The fourth-order valence-electron chi connectivity index (χ4n) is 2.82. The first-order valence-corrected chi connectivity index (χ1v) is 10.3. The molecule has 0 saturated carbocycles. The molecule has 3 aromatic rings. The molecule has 7 nitrogen and oxygen atoms in total. The van der Waals surface area contributed by atoms with E-state index in [-0.39, 0.29) is 16.6 Å². The van der Waals surface area contributed by atoms with Gasteiger partial charge in [0.05, 0.1) is 17.7 Å². The average Bonchev–Trinajstić information content (AvgIpc) is 2.68. The number of aromatic nitrogens is 1. The summed E-state index contributed by atoms with van der Waals surface area (Å²) in [6.45, 7) is 2.43. The molecule has 3 N–H and O–H groups in total. The third-order valence-electron chi connectivity index (χ3n) is 4.17. The van der Waals surface area contributed by atoms with E-state index in [9.17, 15) is 13.2 Å². The Balaban J connectivity index is 1.67. The summed E-state index contributed by atoms with van der Waals surface area (Å²) in [6, 6.07) is 14.1. The Kier molecular flexibility index (Phi) is 5.91. The highest BCUT2D eigenvalue weighted by molar-refractivity contribution is 7.89. The Hall–Kier alpha value is -2.97. The third-order valence-corrected chi connectivity index (χ3v) is 5.10. The van der Waals surface area contributed by atoms with Gasteiger partial charge in [0.2, 0.25) is 10.0 Å². The van der Waals surface area contributed by atoms with Crippen LogP contribution in [0.5, 0.6) is 5.75 Å². The number of ether oxygens (including phenoxy) is 1. The summed E-state index contributed by atoms with van der Waals surface area (Å²) in [4.78, 5) is 16.6. The highest BCUT2D eigenvalue weighted by atomic mass is 32.2. The number of nitrogens with two attached hydrogens (primary N) is 1. The van der Waals surface area contributed by atoms with Crippen LogP contribution in [0.15, 0.2) is 59.6 Å². The van der Waals surface area contributed by atoms with Gasteiger partial charge in [0.25, 0.3) is 5.91 Å². The van der Waals surface area contributed by atoms with Gasteiger partial charge < -0.3 is 10.1 Å². The average molecular weight is 399 g/mol. The number of nitrogens with zero attached hydrogens (tertiary/aromatic N) is 1. The Morgan fingerprint density at radius 2 is 1.96 bits per heavy atom. The molecule has 8 heteroatoms. The van der Waals surface area contributed by atoms with Crippen molar-refractivity contribution in [3.8, 4) is 5.75 Å². The zero-order chi connectivity index (χ0) is 20.1.